The first-order valence-corrected chi connectivity index (χ1v) is 10.0. The van der Waals surface area contributed by atoms with Crippen LogP contribution in [0.1, 0.15) is 10.4 Å². The minimum atomic E-state index is -4.39. The van der Waals surface area contributed by atoms with E-state index in [-0.39, 0.29) is 42.0 Å². The zero-order valence-corrected chi connectivity index (χ0v) is 20.0. The topological polar surface area (TPSA) is 132 Å². The number of anilines is 2. The first-order valence-electron chi connectivity index (χ1n) is 8.47. The predicted octanol–water partition coefficient (Wildman–Crippen LogP) is -1.07. The van der Waals surface area contributed by atoms with E-state index in [9.17, 15) is 17.8 Å². The Morgan fingerprint density at radius 3 is 2.20 bits per heavy atom. The number of hydrogen-bond acceptors (Lipinski definition) is 7. The smallest absolute Gasteiger partial charge is 0.748 e. The number of rotatable bonds is 9. The molecule has 0 atom stereocenters. The monoisotopic (exact) mass is 445 g/mol. The molecule has 0 saturated heterocycles. The van der Waals surface area contributed by atoms with Gasteiger partial charge in [-0.1, -0.05) is 18.2 Å². The van der Waals surface area contributed by atoms with Crippen molar-refractivity contribution in [2.45, 2.75) is 0 Å². The molecule has 10 nitrogen and oxygen atoms in total. The number of nitrogens with one attached hydrogen (secondary N) is 2. The Morgan fingerprint density at radius 1 is 1.10 bits per heavy atom. The van der Waals surface area contributed by atoms with Gasteiger partial charge in [0.05, 0.1) is 27.0 Å². The van der Waals surface area contributed by atoms with Gasteiger partial charge >= 0.3 is 29.6 Å². The third-order valence-electron chi connectivity index (χ3n) is 3.85. The van der Waals surface area contributed by atoms with Crippen LogP contribution in [0, 0.1) is 0 Å². The summed E-state index contributed by atoms with van der Waals surface area (Å²) < 4.78 is 43.3. The second kappa shape index (κ2) is 11.9. The van der Waals surface area contributed by atoms with Gasteiger partial charge in [-0.25, -0.2) is 8.42 Å². The number of benzene rings is 2. The Kier molecular flexibility index (Phi) is 10.2. The Labute approximate surface area is 197 Å². The van der Waals surface area contributed by atoms with E-state index >= 15 is 0 Å². The summed E-state index contributed by atoms with van der Waals surface area (Å²) >= 11 is 0. The molecule has 0 aliphatic heterocycles. The van der Waals surface area contributed by atoms with E-state index < -0.39 is 15.9 Å². The van der Waals surface area contributed by atoms with Crippen molar-refractivity contribution in [1.29, 1.82) is 0 Å². The van der Waals surface area contributed by atoms with Crippen LogP contribution in [-0.2, 0) is 10.1 Å². The van der Waals surface area contributed by atoms with E-state index in [0.717, 1.165) is 0 Å². The zero-order chi connectivity index (χ0) is 21.4. The van der Waals surface area contributed by atoms with E-state index in [0.29, 0.717) is 28.4 Å². The molecule has 0 aliphatic rings. The number of nitrogens with zero attached hydrogens (tertiary/aromatic N) is 2. The molecule has 0 saturated carbocycles. The second-order valence-corrected chi connectivity index (χ2v) is 7.29. The van der Waals surface area contributed by atoms with Crippen LogP contribution in [0.5, 0.6) is 11.5 Å². The molecule has 0 aromatic heterocycles. The molecule has 2 N–H and O–H groups in total. The van der Waals surface area contributed by atoms with Crippen LogP contribution in [0.3, 0.4) is 0 Å². The van der Waals surface area contributed by atoms with Crippen molar-refractivity contribution >= 4 is 27.4 Å². The van der Waals surface area contributed by atoms with Gasteiger partial charge in [-0.3, -0.25) is 4.79 Å². The maximum atomic E-state index is 12.4. The van der Waals surface area contributed by atoms with Gasteiger partial charge in [-0.2, -0.15) is 0 Å². The van der Waals surface area contributed by atoms with Crippen molar-refractivity contribution in [1.82, 2.24) is 0 Å². The van der Waals surface area contributed by atoms with E-state index in [1.165, 1.54) is 26.1 Å². The summed E-state index contributed by atoms with van der Waals surface area (Å²) in [5, 5.41) is 6.64. The molecule has 0 radical (unpaired) electrons. The van der Waals surface area contributed by atoms with Crippen LogP contribution in [0.4, 0.5) is 11.4 Å². The van der Waals surface area contributed by atoms with E-state index in [4.69, 9.17) is 9.47 Å². The van der Waals surface area contributed by atoms with Crippen LogP contribution in [-0.4, -0.2) is 57.2 Å². The Bertz CT molecular complexity index is 999. The standard InChI is InChI=1S/C18H22N4O6S.Na/c1-19-22(9-10-29(24,25)26)21-15-12-16(27-2)14(11-17(15)28-3)20-18(23)13-7-5-4-6-8-13;/h4-8,11-12,19H,9-10H2,1-3H3,(H,24,25,26);/q;+1. The van der Waals surface area contributed by atoms with Crippen molar-refractivity contribution in [2.24, 2.45) is 5.11 Å². The summed E-state index contributed by atoms with van der Waals surface area (Å²) in [6.07, 6.45) is 0. The third kappa shape index (κ3) is 7.58. The second-order valence-electron chi connectivity index (χ2n) is 5.77. The van der Waals surface area contributed by atoms with Crippen LogP contribution < -0.4 is 49.8 Å². The molecule has 30 heavy (non-hydrogen) atoms. The minimum absolute atomic E-state index is 0. The summed E-state index contributed by atoms with van der Waals surface area (Å²) in [5.74, 6) is -0.266. The SMILES string of the molecule is CN=[N+](CCS(=O)(=O)[O-])Nc1cc(OC)c(NC(=O)c2ccccc2)cc1OC.[Na+]. The molecule has 2 aromatic carbocycles. The third-order valence-corrected chi connectivity index (χ3v) is 4.53. The largest absolute Gasteiger partial charge is 1.00 e. The van der Waals surface area contributed by atoms with E-state index in [2.05, 4.69) is 15.9 Å². The van der Waals surface area contributed by atoms with Gasteiger partial charge in [-0.05, 0) is 22.1 Å². The van der Waals surface area contributed by atoms with E-state index in [1.807, 2.05) is 6.07 Å². The number of hydrazine groups is 1. The van der Waals surface area contributed by atoms with Crippen LogP contribution in [0.25, 0.3) is 0 Å². The van der Waals surface area contributed by atoms with Gasteiger partial charge in [0.1, 0.15) is 33.1 Å². The molecule has 2 aromatic rings. The summed E-state index contributed by atoms with van der Waals surface area (Å²) in [5.41, 5.74) is 4.11. The summed E-state index contributed by atoms with van der Waals surface area (Å²) in [6.45, 7) is -0.166. The molecule has 0 fully saturated rings. The summed E-state index contributed by atoms with van der Waals surface area (Å²) in [6, 6.07) is 11.8. The van der Waals surface area contributed by atoms with Crippen molar-refractivity contribution in [3.8, 4) is 11.5 Å². The molecule has 0 bridgehead atoms. The number of hydrogen-bond donors (Lipinski definition) is 2. The molecule has 0 unspecified atom stereocenters. The number of ether oxygens (including phenoxy) is 2. The molecule has 0 aliphatic carbocycles. The van der Waals surface area contributed by atoms with Crippen molar-refractivity contribution in [3.05, 3.63) is 48.0 Å². The molecule has 1 amide bonds. The maximum absolute atomic E-state index is 12.4. The minimum Gasteiger partial charge on any atom is -0.748 e. The van der Waals surface area contributed by atoms with Gasteiger partial charge in [-0.15, -0.1) is 5.43 Å². The number of carbonyl (C=O) groups excluding carboxylic acids is 1. The molecular weight excluding hydrogens is 423 g/mol. The Morgan fingerprint density at radius 2 is 1.67 bits per heavy atom. The maximum Gasteiger partial charge on any atom is 1.00 e. The van der Waals surface area contributed by atoms with Gasteiger partial charge < -0.3 is 19.3 Å². The number of methoxy groups -OCH3 is 2. The molecule has 12 heteroatoms. The fourth-order valence-corrected chi connectivity index (χ4v) is 2.81. The Balaban J connectivity index is 0.00000450. The first-order chi connectivity index (χ1) is 13.8. The van der Waals surface area contributed by atoms with Crippen molar-refractivity contribution in [3.63, 3.8) is 0 Å². The fourth-order valence-electron chi connectivity index (χ4n) is 2.41. The first kappa shape index (κ1) is 25.9. The van der Waals surface area contributed by atoms with Crippen LogP contribution in [0.2, 0.25) is 0 Å². The predicted molar refractivity (Wildman–Crippen MR) is 106 cm³/mol. The number of azo groups is 1. The summed E-state index contributed by atoms with van der Waals surface area (Å²) in [7, 11) is -0.0826. The van der Waals surface area contributed by atoms with Crippen molar-refractivity contribution in [2.75, 3.05) is 44.3 Å². The van der Waals surface area contributed by atoms with Crippen LogP contribution >= 0.6 is 0 Å². The van der Waals surface area contributed by atoms with Crippen molar-refractivity contribution < 1.29 is 61.6 Å². The van der Waals surface area contributed by atoms with Crippen LogP contribution in [0.15, 0.2) is 47.6 Å². The molecule has 0 spiro atoms. The number of carbonyl (C=O) groups is 1. The molecular formula is C18H22N4NaO6S+. The van der Waals surface area contributed by atoms with Gasteiger partial charge in [0.2, 0.25) is 6.54 Å². The van der Waals surface area contributed by atoms with Gasteiger partial charge in [0.25, 0.3) is 5.91 Å². The van der Waals surface area contributed by atoms with Gasteiger partial charge in [0, 0.05) is 17.7 Å². The quantitative estimate of drug-likeness (QED) is 0.165. The average molecular weight is 445 g/mol. The zero-order valence-electron chi connectivity index (χ0n) is 17.2. The summed E-state index contributed by atoms with van der Waals surface area (Å²) in [4.78, 5) is 13.6. The average Bonchev–Trinajstić information content (AvgIpc) is 2.71. The molecule has 156 valence electrons. The number of amides is 1. The Hall–Kier alpha value is -2.18. The van der Waals surface area contributed by atoms with Gasteiger partial charge in [0.15, 0.2) is 0 Å². The van der Waals surface area contributed by atoms with E-state index in [1.54, 1.807) is 36.4 Å². The molecule has 0 heterocycles. The molecule has 2 rings (SSSR count). The normalized spacial score (nSPS) is 11.3. The fraction of sp³-hybridized carbons (Fsp3) is 0.278.